The second-order valence-corrected chi connectivity index (χ2v) is 4.93. The molecule has 22 heavy (non-hydrogen) atoms. The predicted octanol–water partition coefficient (Wildman–Crippen LogP) is -0.287. The zero-order valence-corrected chi connectivity index (χ0v) is 11.8. The number of nitrogens with zero attached hydrogens (tertiary/aromatic N) is 5. The van der Waals surface area contributed by atoms with Gasteiger partial charge in [0.15, 0.2) is 0 Å². The molecular formula is C14H15N5O3. The van der Waals surface area contributed by atoms with Gasteiger partial charge in [-0.3, -0.25) is 14.6 Å². The Balaban J connectivity index is 1.57. The lowest BCUT2D eigenvalue weighted by atomic mass is 10.3. The molecule has 1 atom stereocenters. The van der Waals surface area contributed by atoms with Crippen LogP contribution in [-0.4, -0.2) is 49.7 Å². The van der Waals surface area contributed by atoms with Crippen LogP contribution in [-0.2, 0) is 11.3 Å². The van der Waals surface area contributed by atoms with Crippen molar-refractivity contribution < 1.29 is 9.53 Å². The molecule has 0 N–H and O–H groups in total. The van der Waals surface area contributed by atoms with Crippen LogP contribution >= 0.6 is 0 Å². The van der Waals surface area contributed by atoms with Gasteiger partial charge < -0.3 is 9.64 Å². The smallest absolute Gasteiger partial charge is 0.267 e. The van der Waals surface area contributed by atoms with E-state index in [4.69, 9.17) is 4.74 Å². The van der Waals surface area contributed by atoms with Crippen LogP contribution in [0.2, 0.25) is 0 Å². The molecule has 8 nitrogen and oxygen atoms in total. The van der Waals surface area contributed by atoms with Crippen LogP contribution < -0.4 is 10.3 Å². The van der Waals surface area contributed by atoms with E-state index in [0.717, 1.165) is 11.1 Å². The fraction of sp³-hybridized carbons (Fsp3) is 0.357. The van der Waals surface area contributed by atoms with E-state index in [1.165, 1.54) is 18.5 Å². The second-order valence-electron chi connectivity index (χ2n) is 4.93. The minimum atomic E-state index is -0.289. The molecule has 1 fully saturated rings. The summed E-state index contributed by atoms with van der Waals surface area (Å²) in [6.45, 7) is 1.000. The van der Waals surface area contributed by atoms with Gasteiger partial charge in [0, 0.05) is 37.6 Å². The molecule has 1 saturated heterocycles. The number of carbonyl (C=O) groups excluding carboxylic acids is 1. The minimum absolute atomic E-state index is 0.0580. The first-order valence-electron chi connectivity index (χ1n) is 6.95. The van der Waals surface area contributed by atoms with E-state index >= 15 is 0 Å². The van der Waals surface area contributed by atoms with Gasteiger partial charge in [0.1, 0.15) is 12.6 Å². The van der Waals surface area contributed by atoms with Crippen LogP contribution in [0, 0.1) is 0 Å². The van der Waals surface area contributed by atoms with Crippen LogP contribution in [0.25, 0.3) is 0 Å². The van der Waals surface area contributed by atoms with Gasteiger partial charge in [0.25, 0.3) is 5.56 Å². The predicted molar refractivity (Wildman–Crippen MR) is 76.1 cm³/mol. The lowest BCUT2D eigenvalue weighted by Crippen LogP contribution is -2.36. The van der Waals surface area contributed by atoms with Gasteiger partial charge in [0.2, 0.25) is 11.8 Å². The van der Waals surface area contributed by atoms with Crippen LogP contribution in [0.15, 0.2) is 41.7 Å². The van der Waals surface area contributed by atoms with Crippen molar-refractivity contribution in [3.05, 3.63) is 47.3 Å². The number of carbonyl (C=O) groups is 1. The SMILES string of the molecule is O=C(Cn1ncccc1=O)N1CCC(Oc2cnccn2)C1. The van der Waals surface area contributed by atoms with Crippen LogP contribution in [0.1, 0.15) is 6.42 Å². The first-order valence-corrected chi connectivity index (χ1v) is 6.95. The van der Waals surface area contributed by atoms with Crippen molar-refractivity contribution in [1.29, 1.82) is 0 Å². The zero-order chi connectivity index (χ0) is 15.4. The molecule has 0 saturated carbocycles. The van der Waals surface area contributed by atoms with E-state index in [-0.39, 0.29) is 24.1 Å². The van der Waals surface area contributed by atoms with Gasteiger partial charge in [-0.25, -0.2) is 9.67 Å². The molecule has 0 bridgehead atoms. The molecule has 114 valence electrons. The highest BCUT2D eigenvalue weighted by atomic mass is 16.5. The third-order valence-electron chi connectivity index (χ3n) is 3.39. The maximum atomic E-state index is 12.2. The van der Waals surface area contributed by atoms with Gasteiger partial charge in [-0.1, -0.05) is 0 Å². The minimum Gasteiger partial charge on any atom is -0.471 e. The Morgan fingerprint density at radius 1 is 1.36 bits per heavy atom. The summed E-state index contributed by atoms with van der Waals surface area (Å²) in [4.78, 5) is 33.4. The van der Waals surface area contributed by atoms with Crippen molar-refractivity contribution in [2.75, 3.05) is 13.1 Å². The molecule has 2 aromatic rings. The molecule has 8 heteroatoms. The summed E-state index contributed by atoms with van der Waals surface area (Å²) in [6.07, 6.45) is 6.76. The van der Waals surface area contributed by atoms with E-state index < -0.39 is 0 Å². The molecule has 3 rings (SSSR count). The molecule has 1 unspecified atom stereocenters. The van der Waals surface area contributed by atoms with E-state index in [2.05, 4.69) is 15.1 Å². The Hall–Kier alpha value is -2.77. The fourth-order valence-electron chi connectivity index (χ4n) is 2.30. The maximum Gasteiger partial charge on any atom is 0.267 e. The topological polar surface area (TPSA) is 90.2 Å². The van der Waals surface area contributed by atoms with Gasteiger partial charge in [-0.15, -0.1) is 0 Å². The summed E-state index contributed by atoms with van der Waals surface area (Å²) in [5.41, 5.74) is -0.289. The summed E-state index contributed by atoms with van der Waals surface area (Å²) < 4.78 is 6.83. The van der Waals surface area contributed by atoms with Gasteiger partial charge >= 0.3 is 0 Å². The maximum absolute atomic E-state index is 12.2. The number of likely N-dealkylation sites (tertiary alicyclic amines) is 1. The zero-order valence-electron chi connectivity index (χ0n) is 11.8. The molecule has 1 amide bonds. The lowest BCUT2D eigenvalue weighted by molar-refractivity contribution is -0.131. The van der Waals surface area contributed by atoms with Crippen LogP contribution in [0.3, 0.4) is 0 Å². The van der Waals surface area contributed by atoms with Crippen molar-refractivity contribution in [1.82, 2.24) is 24.6 Å². The monoisotopic (exact) mass is 301 g/mol. The summed E-state index contributed by atoms with van der Waals surface area (Å²) in [5, 5.41) is 3.88. The van der Waals surface area contributed by atoms with Crippen molar-refractivity contribution in [2.24, 2.45) is 0 Å². The van der Waals surface area contributed by atoms with Gasteiger partial charge in [-0.2, -0.15) is 5.10 Å². The van der Waals surface area contributed by atoms with Crippen LogP contribution in [0.4, 0.5) is 0 Å². The Morgan fingerprint density at radius 2 is 2.27 bits per heavy atom. The van der Waals surface area contributed by atoms with Crippen molar-refractivity contribution in [3.8, 4) is 5.88 Å². The largest absolute Gasteiger partial charge is 0.471 e. The van der Waals surface area contributed by atoms with E-state index in [0.29, 0.717) is 19.0 Å². The van der Waals surface area contributed by atoms with E-state index in [1.54, 1.807) is 23.4 Å². The number of rotatable bonds is 4. The Labute approximate surface area is 126 Å². The highest BCUT2D eigenvalue weighted by Crippen LogP contribution is 2.15. The summed E-state index contributed by atoms with van der Waals surface area (Å²) in [5.74, 6) is 0.300. The van der Waals surface area contributed by atoms with Crippen molar-refractivity contribution in [2.45, 2.75) is 19.1 Å². The third-order valence-corrected chi connectivity index (χ3v) is 3.39. The summed E-state index contributed by atoms with van der Waals surface area (Å²) >= 11 is 0. The Kier molecular flexibility index (Phi) is 4.08. The average Bonchev–Trinajstić information content (AvgIpc) is 2.99. The number of amides is 1. The number of hydrogen-bond donors (Lipinski definition) is 0. The van der Waals surface area contributed by atoms with Gasteiger partial charge in [0.05, 0.1) is 12.7 Å². The first-order chi connectivity index (χ1) is 10.7. The van der Waals surface area contributed by atoms with Gasteiger partial charge in [-0.05, 0) is 6.07 Å². The molecule has 1 aliphatic rings. The van der Waals surface area contributed by atoms with Crippen molar-refractivity contribution in [3.63, 3.8) is 0 Å². The summed E-state index contributed by atoms with van der Waals surface area (Å²) in [6, 6.07) is 2.92. The molecular weight excluding hydrogens is 286 g/mol. The van der Waals surface area contributed by atoms with E-state index in [9.17, 15) is 9.59 Å². The average molecular weight is 301 g/mol. The highest BCUT2D eigenvalue weighted by Gasteiger charge is 2.28. The third kappa shape index (κ3) is 3.27. The Morgan fingerprint density at radius 3 is 3.05 bits per heavy atom. The quantitative estimate of drug-likeness (QED) is 0.771. The first kappa shape index (κ1) is 14.2. The molecule has 1 aliphatic heterocycles. The fourth-order valence-corrected chi connectivity index (χ4v) is 2.30. The van der Waals surface area contributed by atoms with E-state index in [1.807, 2.05) is 0 Å². The number of hydrogen-bond acceptors (Lipinski definition) is 6. The number of aromatic nitrogens is 4. The molecule has 2 aromatic heterocycles. The summed E-state index contributed by atoms with van der Waals surface area (Å²) in [7, 11) is 0. The molecule has 0 aliphatic carbocycles. The lowest BCUT2D eigenvalue weighted by Gasteiger charge is -2.17. The molecule has 0 aromatic carbocycles. The second kappa shape index (κ2) is 6.33. The standard InChI is InChI=1S/C14H15N5O3/c20-13-2-1-4-17-19(13)10-14(21)18-7-3-11(9-18)22-12-8-15-5-6-16-12/h1-2,4-6,8,11H,3,7,9-10H2. The highest BCUT2D eigenvalue weighted by molar-refractivity contribution is 5.76. The molecule has 0 radical (unpaired) electrons. The molecule has 3 heterocycles. The van der Waals surface area contributed by atoms with Crippen LogP contribution in [0.5, 0.6) is 5.88 Å². The number of ether oxygens (including phenoxy) is 1. The normalized spacial score (nSPS) is 17.5. The Bertz CT molecular complexity index is 703. The van der Waals surface area contributed by atoms with Crippen molar-refractivity contribution >= 4 is 5.91 Å². The molecule has 0 spiro atoms.